The second kappa shape index (κ2) is 2.86. The van der Waals surface area contributed by atoms with E-state index in [-0.39, 0.29) is 4.73 Å². The molecule has 1 aromatic rings. The smallest absolute Gasteiger partial charge is 0.370 e. The van der Waals surface area contributed by atoms with Gasteiger partial charge in [-0.2, -0.15) is 0 Å². The molecular weight excluding hydrogens is 190 g/mol. The zero-order valence-electron chi connectivity index (χ0n) is 8.07. The third-order valence-corrected chi connectivity index (χ3v) is 1.65. The summed E-state index contributed by atoms with van der Waals surface area (Å²) in [4.78, 5) is 35.2. The average Bonchev–Trinajstić information content (AvgIpc) is 1.97. The van der Waals surface area contributed by atoms with Crippen molar-refractivity contribution in [2.75, 3.05) is 0 Å². The Balaban J connectivity index is 3.80. The van der Waals surface area contributed by atoms with Crippen LogP contribution in [0.15, 0.2) is 14.4 Å². The number of rotatable bonds is 0. The van der Waals surface area contributed by atoms with Gasteiger partial charge in [-0.25, -0.2) is 19.0 Å². The van der Waals surface area contributed by atoms with E-state index in [0.717, 1.165) is 4.57 Å². The van der Waals surface area contributed by atoms with Crippen LogP contribution in [-0.4, -0.2) is 19.5 Å². The van der Waals surface area contributed by atoms with Gasteiger partial charge in [0.15, 0.2) is 0 Å². The lowest BCUT2D eigenvalue weighted by Gasteiger charge is -2.19. The molecule has 0 fully saturated rings. The van der Waals surface area contributed by atoms with Crippen LogP contribution in [0.2, 0.25) is 0 Å². The van der Waals surface area contributed by atoms with Crippen molar-refractivity contribution in [3.8, 4) is 0 Å². The molecule has 0 aliphatic heterocycles. The Labute approximate surface area is 78.2 Å². The maximum Gasteiger partial charge on any atom is 0.370 e. The molecule has 7 nitrogen and oxygen atoms in total. The van der Waals surface area contributed by atoms with Gasteiger partial charge in [-0.05, 0) is 20.8 Å². The zero-order chi connectivity index (χ0) is 11.1. The lowest BCUT2D eigenvalue weighted by atomic mass is 10.1. The van der Waals surface area contributed by atoms with Crippen LogP contribution >= 0.6 is 0 Å². The van der Waals surface area contributed by atoms with Gasteiger partial charge in [0.1, 0.15) is 0 Å². The topological polar surface area (TPSA) is 97.1 Å². The maximum absolute atomic E-state index is 11.3. The first kappa shape index (κ1) is 10.3. The number of aromatic nitrogens is 3. The van der Waals surface area contributed by atoms with Crippen LogP contribution in [0.3, 0.4) is 0 Å². The highest BCUT2D eigenvalue weighted by Gasteiger charge is 2.20. The van der Waals surface area contributed by atoms with Gasteiger partial charge in [0, 0.05) is 5.54 Å². The molecule has 0 unspecified atom stereocenters. The fourth-order valence-corrected chi connectivity index (χ4v) is 1.06. The first-order chi connectivity index (χ1) is 6.25. The highest BCUT2D eigenvalue weighted by Crippen LogP contribution is 2.05. The lowest BCUT2D eigenvalue weighted by Crippen LogP contribution is -2.53. The van der Waals surface area contributed by atoms with E-state index in [1.807, 2.05) is 4.98 Å². The van der Waals surface area contributed by atoms with Crippen molar-refractivity contribution in [3.63, 3.8) is 0 Å². The molecule has 0 saturated heterocycles. The molecule has 78 valence electrons. The summed E-state index contributed by atoms with van der Waals surface area (Å²) in [6.07, 6.45) is 0. The number of aromatic amines is 1. The summed E-state index contributed by atoms with van der Waals surface area (Å²) in [5.74, 6) is 0. The molecule has 14 heavy (non-hydrogen) atoms. The van der Waals surface area contributed by atoms with Gasteiger partial charge in [0.05, 0.1) is 0 Å². The van der Waals surface area contributed by atoms with Crippen LogP contribution in [-0.2, 0) is 5.54 Å². The van der Waals surface area contributed by atoms with Gasteiger partial charge in [0.2, 0.25) is 0 Å². The molecule has 1 aromatic heterocycles. The van der Waals surface area contributed by atoms with E-state index in [4.69, 9.17) is 5.21 Å². The number of nitrogens with zero attached hydrogens (tertiary/aromatic N) is 2. The first-order valence-corrected chi connectivity index (χ1v) is 3.93. The third-order valence-electron chi connectivity index (χ3n) is 1.65. The highest BCUT2D eigenvalue weighted by atomic mass is 16.5. The number of hydrogen-bond donors (Lipinski definition) is 2. The molecule has 7 heteroatoms. The Morgan fingerprint density at radius 3 is 2.07 bits per heavy atom. The van der Waals surface area contributed by atoms with Gasteiger partial charge in [-0.3, -0.25) is 4.98 Å². The molecule has 0 bridgehead atoms. The standard InChI is InChI=1S/C7H11N3O4/c1-7(2,3)9-4(11)8-5(12)10(14)6(9)13/h14H,1-3H3,(H,8,11,12). The Morgan fingerprint density at radius 1 is 1.14 bits per heavy atom. The van der Waals surface area contributed by atoms with Crippen LogP contribution in [0.25, 0.3) is 0 Å². The lowest BCUT2D eigenvalue weighted by molar-refractivity contribution is 0.137. The van der Waals surface area contributed by atoms with Crippen molar-refractivity contribution >= 4 is 0 Å². The second-order valence-corrected chi connectivity index (χ2v) is 3.84. The average molecular weight is 201 g/mol. The molecule has 0 amide bonds. The fourth-order valence-electron chi connectivity index (χ4n) is 1.06. The van der Waals surface area contributed by atoms with Crippen molar-refractivity contribution in [1.82, 2.24) is 14.3 Å². The third kappa shape index (κ3) is 1.48. The maximum atomic E-state index is 11.3. The summed E-state index contributed by atoms with van der Waals surface area (Å²) in [5.41, 5.74) is -3.83. The predicted octanol–water partition coefficient (Wildman–Crippen LogP) is -1.31. The van der Waals surface area contributed by atoms with Crippen LogP contribution in [0, 0.1) is 0 Å². The second-order valence-electron chi connectivity index (χ2n) is 3.84. The molecule has 0 atom stereocenters. The molecule has 0 radical (unpaired) electrons. The minimum absolute atomic E-state index is 0.132. The summed E-state index contributed by atoms with van der Waals surface area (Å²) in [6, 6.07) is 0. The molecule has 0 saturated carbocycles. The van der Waals surface area contributed by atoms with E-state index in [0.29, 0.717) is 0 Å². The molecule has 2 N–H and O–H groups in total. The van der Waals surface area contributed by atoms with Crippen LogP contribution < -0.4 is 17.1 Å². The van der Waals surface area contributed by atoms with Crippen molar-refractivity contribution in [2.45, 2.75) is 26.3 Å². The van der Waals surface area contributed by atoms with Crippen LogP contribution in [0.5, 0.6) is 0 Å². The normalized spacial score (nSPS) is 11.6. The predicted molar refractivity (Wildman–Crippen MR) is 47.8 cm³/mol. The fraction of sp³-hybridized carbons (Fsp3) is 0.571. The molecule has 1 heterocycles. The molecule has 1 rings (SSSR count). The summed E-state index contributed by atoms with van der Waals surface area (Å²) >= 11 is 0. The minimum Gasteiger partial charge on any atom is -0.420 e. The van der Waals surface area contributed by atoms with Gasteiger partial charge in [0.25, 0.3) is 0 Å². The van der Waals surface area contributed by atoms with Gasteiger partial charge >= 0.3 is 17.1 Å². The van der Waals surface area contributed by atoms with E-state index in [9.17, 15) is 14.4 Å². The van der Waals surface area contributed by atoms with Gasteiger partial charge in [-0.1, -0.05) is 4.73 Å². The summed E-state index contributed by atoms with van der Waals surface area (Å²) < 4.78 is 0.626. The summed E-state index contributed by atoms with van der Waals surface area (Å²) in [7, 11) is 0. The van der Waals surface area contributed by atoms with Crippen LogP contribution in [0.1, 0.15) is 20.8 Å². The monoisotopic (exact) mass is 201 g/mol. The van der Waals surface area contributed by atoms with E-state index in [2.05, 4.69) is 0 Å². The molecule has 0 spiro atoms. The van der Waals surface area contributed by atoms with Crippen molar-refractivity contribution in [1.29, 1.82) is 0 Å². The van der Waals surface area contributed by atoms with Crippen molar-refractivity contribution in [2.24, 2.45) is 0 Å². The van der Waals surface area contributed by atoms with Gasteiger partial charge < -0.3 is 5.21 Å². The Kier molecular flexibility index (Phi) is 2.10. The van der Waals surface area contributed by atoms with E-state index in [1.165, 1.54) is 0 Å². The molecule has 0 aromatic carbocycles. The van der Waals surface area contributed by atoms with Crippen molar-refractivity contribution < 1.29 is 5.21 Å². The molecular formula is C7H11N3O4. The number of H-pyrrole nitrogens is 1. The SMILES string of the molecule is CC(C)(C)n1c(=O)[nH]c(=O)n(O)c1=O. The molecule has 0 aliphatic carbocycles. The molecule has 0 aliphatic rings. The number of hydrogen-bond acceptors (Lipinski definition) is 4. The number of nitrogens with one attached hydrogen (secondary N) is 1. The van der Waals surface area contributed by atoms with Crippen molar-refractivity contribution in [3.05, 3.63) is 31.5 Å². The minimum atomic E-state index is -1.14. The highest BCUT2D eigenvalue weighted by molar-refractivity contribution is 4.80. The Hall–Kier alpha value is -1.79. The first-order valence-electron chi connectivity index (χ1n) is 3.93. The Morgan fingerprint density at radius 2 is 1.64 bits per heavy atom. The summed E-state index contributed by atoms with van der Waals surface area (Å²) in [5, 5.41) is 8.98. The van der Waals surface area contributed by atoms with E-state index in [1.54, 1.807) is 20.8 Å². The van der Waals surface area contributed by atoms with Gasteiger partial charge in [-0.15, -0.1) is 0 Å². The zero-order valence-corrected chi connectivity index (χ0v) is 8.07. The largest absolute Gasteiger partial charge is 0.420 e. The van der Waals surface area contributed by atoms with Crippen LogP contribution in [0.4, 0.5) is 0 Å². The van der Waals surface area contributed by atoms with E-state index >= 15 is 0 Å². The Bertz CT molecular complexity index is 513. The quantitative estimate of drug-likeness (QED) is 0.509. The van der Waals surface area contributed by atoms with E-state index < -0.39 is 22.6 Å². The summed E-state index contributed by atoms with van der Waals surface area (Å²) in [6.45, 7) is 4.82.